The molecule has 22 heavy (non-hydrogen) atoms. The number of imide groups is 1. The van der Waals surface area contributed by atoms with Gasteiger partial charge in [0.1, 0.15) is 5.75 Å². The summed E-state index contributed by atoms with van der Waals surface area (Å²) in [5, 5.41) is 0. The SMILES string of the molecule is COc1ccc(N2C(=O)[C@H]3[C@@H]4C[C@@H]([C@@H](Br)[C@H]4Br)[C@@H]3C2=O)cc1. The summed E-state index contributed by atoms with van der Waals surface area (Å²) in [4.78, 5) is 27.6. The fourth-order valence-corrected chi connectivity index (χ4v) is 6.21. The van der Waals surface area contributed by atoms with E-state index in [-0.39, 0.29) is 45.1 Å². The predicted molar refractivity (Wildman–Crippen MR) is 89.5 cm³/mol. The molecule has 1 aliphatic heterocycles. The second-order valence-corrected chi connectivity index (χ2v) is 8.33. The lowest BCUT2D eigenvalue weighted by Gasteiger charge is -2.28. The molecule has 116 valence electrons. The summed E-state index contributed by atoms with van der Waals surface area (Å²) in [6.07, 6.45) is 0.953. The maximum absolute atomic E-state index is 12.8. The molecule has 4 nitrogen and oxygen atoms in total. The van der Waals surface area contributed by atoms with Crippen LogP contribution in [0.3, 0.4) is 0 Å². The van der Waals surface area contributed by atoms with E-state index in [9.17, 15) is 9.59 Å². The second kappa shape index (κ2) is 5.06. The highest BCUT2D eigenvalue weighted by atomic mass is 79.9. The lowest BCUT2D eigenvalue weighted by molar-refractivity contribution is -0.123. The summed E-state index contributed by atoms with van der Waals surface area (Å²) >= 11 is 7.39. The molecule has 1 heterocycles. The van der Waals surface area contributed by atoms with Crippen molar-refractivity contribution in [1.29, 1.82) is 0 Å². The standard InChI is InChI=1S/C16H15Br2NO3/c1-22-8-4-2-7(3-5-8)19-15(20)11-9-6-10(12(11)16(19)21)14(18)13(9)17/h2-5,9-14H,6H2,1H3/t9-,10+,11-,12-,13-,14+/m0/s1. The van der Waals surface area contributed by atoms with Crippen LogP contribution in [-0.2, 0) is 9.59 Å². The van der Waals surface area contributed by atoms with Crippen LogP contribution in [0.25, 0.3) is 0 Å². The Balaban J connectivity index is 1.69. The number of nitrogens with zero attached hydrogens (tertiary/aromatic N) is 1. The Labute approximate surface area is 145 Å². The molecule has 6 atom stereocenters. The number of methoxy groups -OCH3 is 1. The summed E-state index contributed by atoms with van der Waals surface area (Å²) in [5.41, 5.74) is 0.641. The molecule has 2 saturated carbocycles. The van der Waals surface area contributed by atoms with Crippen LogP contribution in [0, 0.1) is 23.7 Å². The van der Waals surface area contributed by atoms with Gasteiger partial charge in [0, 0.05) is 9.65 Å². The van der Waals surface area contributed by atoms with Crippen LogP contribution in [-0.4, -0.2) is 28.6 Å². The molecule has 0 radical (unpaired) electrons. The maximum atomic E-state index is 12.8. The molecular formula is C16H15Br2NO3. The first-order chi connectivity index (χ1) is 10.5. The van der Waals surface area contributed by atoms with Gasteiger partial charge < -0.3 is 4.74 Å². The van der Waals surface area contributed by atoms with Crippen molar-refractivity contribution in [3.8, 4) is 5.75 Å². The topological polar surface area (TPSA) is 46.6 Å². The number of hydrogen-bond donors (Lipinski definition) is 0. The van der Waals surface area contributed by atoms with Crippen molar-refractivity contribution in [3.63, 3.8) is 0 Å². The Kier molecular flexibility index (Phi) is 3.38. The van der Waals surface area contributed by atoms with Crippen molar-refractivity contribution in [3.05, 3.63) is 24.3 Å². The van der Waals surface area contributed by atoms with E-state index in [0.717, 1.165) is 6.42 Å². The number of ether oxygens (including phenoxy) is 1. The Morgan fingerprint density at radius 3 is 1.95 bits per heavy atom. The summed E-state index contributed by atoms with van der Waals surface area (Å²) in [7, 11) is 1.59. The molecular weight excluding hydrogens is 414 g/mol. The Morgan fingerprint density at radius 2 is 1.50 bits per heavy atom. The van der Waals surface area contributed by atoms with E-state index in [0.29, 0.717) is 11.4 Å². The fourth-order valence-electron chi connectivity index (χ4n) is 4.33. The number of rotatable bonds is 2. The zero-order chi connectivity index (χ0) is 15.6. The van der Waals surface area contributed by atoms with Crippen LogP contribution < -0.4 is 9.64 Å². The summed E-state index contributed by atoms with van der Waals surface area (Å²) in [5.74, 6) is 0.783. The highest BCUT2D eigenvalue weighted by Crippen LogP contribution is 2.60. The van der Waals surface area contributed by atoms with Gasteiger partial charge in [-0.1, -0.05) is 31.9 Å². The molecule has 3 aliphatic rings. The van der Waals surface area contributed by atoms with Gasteiger partial charge in [0.2, 0.25) is 11.8 Å². The number of hydrogen-bond acceptors (Lipinski definition) is 3. The first-order valence-corrected chi connectivity index (χ1v) is 9.17. The lowest BCUT2D eigenvalue weighted by atomic mass is 9.81. The summed E-state index contributed by atoms with van der Waals surface area (Å²) in [6, 6.07) is 7.10. The zero-order valence-corrected chi connectivity index (χ0v) is 15.1. The normalized spacial score (nSPS) is 39.5. The van der Waals surface area contributed by atoms with Crippen molar-refractivity contribution in [2.24, 2.45) is 23.7 Å². The summed E-state index contributed by atoms with van der Waals surface area (Å²) in [6.45, 7) is 0. The van der Waals surface area contributed by atoms with E-state index in [2.05, 4.69) is 31.9 Å². The van der Waals surface area contributed by atoms with E-state index < -0.39 is 0 Å². The quantitative estimate of drug-likeness (QED) is 0.537. The van der Waals surface area contributed by atoms with Crippen molar-refractivity contribution < 1.29 is 14.3 Å². The maximum Gasteiger partial charge on any atom is 0.238 e. The number of carbonyl (C=O) groups is 2. The van der Waals surface area contributed by atoms with Crippen molar-refractivity contribution >= 4 is 49.4 Å². The molecule has 0 unspecified atom stereocenters. The average molecular weight is 429 g/mol. The molecule has 3 fully saturated rings. The number of carbonyl (C=O) groups excluding carboxylic acids is 2. The summed E-state index contributed by atoms with van der Waals surface area (Å²) < 4.78 is 5.13. The minimum atomic E-state index is -0.169. The number of amides is 2. The average Bonchev–Trinajstić information content (AvgIpc) is 3.13. The second-order valence-electron chi connectivity index (χ2n) is 6.21. The van der Waals surface area contributed by atoms with E-state index >= 15 is 0 Å². The lowest BCUT2D eigenvalue weighted by Crippen LogP contribution is -2.37. The van der Waals surface area contributed by atoms with E-state index in [1.54, 1.807) is 31.4 Å². The zero-order valence-electron chi connectivity index (χ0n) is 11.9. The Morgan fingerprint density at radius 1 is 1.00 bits per heavy atom. The van der Waals surface area contributed by atoms with Gasteiger partial charge in [0.05, 0.1) is 24.6 Å². The van der Waals surface area contributed by atoms with Crippen LogP contribution in [0.4, 0.5) is 5.69 Å². The smallest absolute Gasteiger partial charge is 0.238 e. The van der Waals surface area contributed by atoms with Gasteiger partial charge in [-0.25, -0.2) is 0 Å². The first kappa shape index (κ1) is 14.7. The third-order valence-electron chi connectivity index (χ3n) is 5.32. The highest BCUT2D eigenvalue weighted by Gasteiger charge is 2.66. The van der Waals surface area contributed by atoms with E-state index in [4.69, 9.17) is 4.74 Å². The number of anilines is 1. The molecule has 1 aromatic carbocycles. The Hall–Kier alpha value is -0.880. The molecule has 0 spiro atoms. The molecule has 4 rings (SSSR count). The van der Waals surface area contributed by atoms with Crippen molar-refractivity contribution in [2.45, 2.75) is 16.1 Å². The van der Waals surface area contributed by atoms with Crippen LogP contribution in [0.5, 0.6) is 5.75 Å². The van der Waals surface area contributed by atoms with Crippen LogP contribution in [0.2, 0.25) is 0 Å². The van der Waals surface area contributed by atoms with E-state index in [1.807, 2.05) is 0 Å². The van der Waals surface area contributed by atoms with Crippen LogP contribution in [0.1, 0.15) is 6.42 Å². The minimum Gasteiger partial charge on any atom is -0.497 e. The largest absolute Gasteiger partial charge is 0.497 e. The number of alkyl halides is 2. The molecule has 1 aromatic rings. The monoisotopic (exact) mass is 427 g/mol. The third-order valence-corrected chi connectivity index (χ3v) is 8.52. The van der Waals surface area contributed by atoms with Gasteiger partial charge in [-0.05, 0) is 42.5 Å². The van der Waals surface area contributed by atoms with E-state index in [1.165, 1.54) is 4.90 Å². The molecule has 1 saturated heterocycles. The third kappa shape index (κ3) is 1.80. The van der Waals surface area contributed by atoms with Gasteiger partial charge in [0.15, 0.2) is 0 Å². The van der Waals surface area contributed by atoms with Gasteiger partial charge >= 0.3 is 0 Å². The number of benzene rings is 1. The van der Waals surface area contributed by atoms with Gasteiger partial charge in [-0.2, -0.15) is 0 Å². The van der Waals surface area contributed by atoms with Gasteiger partial charge in [0.25, 0.3) is 0 Å². The molecule has 2 aliphatic carbocycles. The van der Waals surface area contributed by atoms with Crippen molar-refractivity contribution in [1.82, 2.24) is 0 Å². The molecule has 2 bridgehead atoms. The Bertz CT molecular complexity index is 615. The van der Waals surface area contributed by atoms with Crippen LogP contribution >= 0.6 is 31.9 Å². The minimum absolute atomic E-state index is 0.0449. The molecule has 6 heteroatoms. The predicted octanol–water partition coefficient (Wildman–Crippen LogP) is 2.98. The van der Waals surface area contributed by atoms with Crippen LogP contribution in [0.15, 0.2) is 24.3 Å². The molecule has 0 N–H and O–H groups in total. The highest BCUT2D eigenvalue weighted by molar-refractivity contribution is 9.12. The van der Waals surface area contributed by atoms with Gasteiger partial charge in [-0.3, -0.25) is 14.5 Å². The van der Waals surface area contributed by atoms with Gasteiger partial charge in [-0.15, -0.1) is 0 Å². The van der Waals surface area contributed by atoms with Crippen molar-refractivity contribution in [2.75, 3.05) is 12.0 Å². The number of fused-ring (bicyclic) bond motifs is 5. The number of halogens is 2. The first-order valence-electron chi connectivity index (χ1n) is 7.34. The molecule has 2 amide bonds. The fraction of sp³-hybridized carbons (Fsp3) is 0.500. The molecule has 0 aromatic heterocycles.